The number of nitrogens with one attached hydrogen (secondary N) is 1. The molecule has 3 atom stereocenters. The van der Waals surface area contributed by atoms with Gasteiger partial charge in [-0.05, 0) is 43.0 Å². The number of hydrogen-bond donors (Lipinski definition) is 3. The molecule has 192 valence electrons. The van der Waals surface area contributed by atoms with E-state index in [4.69, 9.17) is 14.6 Å². The van der Waals surface area contributed by atoms with Crippen LogP contribution in [0.2, 0.25) is 0 Å². The minimum atomic E-state index is -1.21. The third-order valence-corrected chi connectivity index (χ3v) is 7.18. The summed E-state index contributed by atoms with van der Waals surface area (Å²) in [6, 6.07) is 16.6. The van der Waals surface area contributed by atoms with E-state index in [1.165, 1.54) is 12.6 Å². The largest absolute Gasteiger partial charge is 0.495 e. The van der Waals surface area contributed by atoms with Crippen LogP contribution < -0.4 is 14.8 Å². The van der Waals surface area contributed by atoms with Crippen molar-refractivity contribution in [2.45, 2.75) is 50.7 Å². The van der Waals surface area contributed by atoms with E-state index in [2.05, 4.69) is 52.1 Å². The highest BCUT2D eigenvalue weighted by Gasteiger charge is 2.69. The number of halogens is 1. The maximum Gasteiger partial charge on any atom is 0.404 e. The molecule has 2 aromatic carbocycles. The van der Waals surface area contributed by atoms with Gasteiger partial charge >= 0.3 is 6.09 Å². The molecule has 8 heteroatoms. The fourth-order valence-corrected chi connectivity index (χ4v) is 5.39. The van der Waals surface area contributed by atoms with Crippen molar-refractivity contribution < 1.29 is 24.5 Å². The second-order valence-electron chi connectivity index (χ2n) is 8.48. The number of aryl methyl sites for hydroxylation is 1. The van der Waals surface area contributed by atoms with Gasteiger partial charge in [0.05, 0.1) is 25.1 Å². The lowest BCUT2D eigenvalue weighted by Gasteiger charge is -2.40. The number of carboxylic acid groups (broad SMARTS) is 1. The SMILES string of the molecule is CC.CNC(=O)O.COc1cncc2c1C1(O)CCC(c3ccc(C)cc3)C1(c1ccc(Br)cc1)O2. The summed E-state index contributed by atoms with van der Waals surface area (Å²) < 4.78 is 13.2. The predicted molar refractivity (Wildman–Crippen MR) is 143 cm³/mol. The molecule has 1 aromatic heterocycles. The predicted octanol–water partition coefficient (Wildman–Crippen LogP) is 6.12. The normalized spacial score (nSPS) is 23.0. The molecule has 0 radical (unpaired) electrons. The van der Waals surface area contributed by atoms with E-state index >= 15 is 0 Å². The highest BCUT2D eigenvalue weighted by atomic mass is 79.9. The van der Waals surface area contributed by atoms with Crippen LogP contribution in [0.3, 0.4) is 0 Å². The summed E-state index contributed by atoms with van der Waals surface area (Å²) >= 11 is 3.52. The monoisotopic (exact) mass is 556 g/mol. The Balaban J connectivity index is 0.000000463. The molecule has 3 aromatic rings. The minimum absolute atomic E-state index is 0.00798. The van der Waals surface area contributed by atoms with E-state index in [0.717, 1.165) is 22.0 Å². The third-order valence-electron chi connectivity index (χ3n) is 6.65. The van der Waals surface area contributed by atoms with Crippen molar-refractivity contribution in [1.82, 2.24) is 10.3 Å². The number of aliphatic hydroxyl groups is 1. The number of fused-ring (bicyclic) bond motifs is 3. The number of ether oxygens (including phenoxy) is 2. The zero-order valence-corrected chi connectivity index (χ0v) is 22.8. The standard InChI is InChI=1S/C24H22BrNO3.C2H5NO2.C2H6/c1-15-3-5-16(6-4-15)19-11-12-23(27)22-20(28-2)13-26-14-21(22)29-24(19,23)17-7-9-18(25)10-8-17;1-3-2(4)5;1-2/h3-10,13-14,19,27H,11-12H2,1-2H3;3H,1H3,(H,4,5);1-2H3. The third kappa shape index (κ3) is 4.67. The smallest absolute Gasteiger partial charge is 0.404 e. The second kappa shape index (κ2) is 11.3. The van der Waals surface area contributed by atoms with Gasteiger partial charge in [-0.25, -0.2) is 4.79 Å². The average molecular weight is 557 g/mol. The van der Waals surface area contributed by atoms with Gasteiger partial charge in [0.2, 0.25) is 0 Å². The van der Waals surface area contributed by atoms with E-state index < -0.39 is 17.3 Å². The number of hydrogen-bond acceptors (Lipinski definition) is 5. The Morgan fingerprint density at radius 2 is 1.75 bits per heavy atom. The molecule has 2 aliphatic rings. The number of pyridine rings is 1. The van der Waals surface area contributed by atoms with Crippen LogP contribution in [0.4, 0.5) is 4.79 Å². The van der Waals surface area contributed by atoms with E-state index in [0.29, 0.717) is 23.5 Å². The van der Waals surface area contributed by atoms with Gasteiger partial charge in [-0.1, -0.05) is 71.7 Å². The van der Waals surface area contributed by atoms with Gasteiger partial charge in [-0.15, -0.1) is 0 Å². The van der Waals surface area contributed by atoms with Crippen molar-refractivity contribution in [2.24, 2.45) is 0 Å². The summed E-state index contributed by atoms with van der Waals surface area (Å²) in [5.74, 6) is 1.14. The fourth-order valence-electron chi connectivity index (χ4n) is 5.13. The summed E-state index contributed by atoms with van der Waals surface area (Å²) in [6.07, 6.45) is 3.72. The lowest BCUT2D eigenvalue weighted by atomic mass is 9.71. The molecule has 1 fully saturated rings. The van der Waals surface area contributed by atoms with Crippen LogP contribution in [0, 0.1) is 6.92 Å². The minimum Gasteiger partial charge on any atom is -0.495 e. The Hall–Kier alpha value is -3.10. The first kappa shape index (κ1) is 27.5. The molecule has 1 saturated carbocycles. The lowest BCUT2D eigenvalue weighted by molar-refractivity contribution is -0.106. The van der Waals surface area contributed by atoms with Crippen LogP contribution in [0.25, 0.3) is 0 Å². The maximum atomic E-state index is 12.2. The van der Waals surface area contributed by atoms with E-state index in [1.54, 1.807) is 19.5 Å². The molecule has 1 amide bonds. The number of benzene rings is 2. The van der Waals surface area contributed by atoms with E-state index in [1.807, 2.05) is 43.4 Å². The molecule has 3 unspecified atom stereocenters. The first-order valence-electron chi connectivity index (χ1n) is 11.9. The zero-order chi connectivity index (χ0) is 26.5. The number of aromatic nitrogens is 1. The molecule has 3 N–H and O–H groups in total. The zero-order valence-electron chi connectivity index (χ0n) is 21.2. The van der Waals surface area contributed by atoms with Crippen molar-refractivity contribution in [2.75, 3.05) is 14.2 Å². The van der Waals surface area contributed by atoms with Crippen molar-refractivity contribution in [3.63, 3.8) is 0 Å². The van der Waals surface area contributed by atoms with Gasteiger partial charge in [-0.3, -0.25) is 4.98 Å². The van der Waals surface area contributed by atoms with Crippen molar-refractivity contribution in [1.29, 1.82) is 0 Å². The van der Waals surface area contributed by atoms with Crippen LogP contribution in [0.15, 0.2) is 65.4 Å². The van der Waals surface area contributed by atoms with Crippen LogP contribution in [-0.2, 0) is 11.2 Å². The number of carbonyl (C=O) groups is 1. The van der Waals surface area contributed by atoms with Gasteiger partial charge in [0.15, 0.2) is 5.60 Å². The number of nitrogens with zero attached hydrogens (tertiary/aromatic N) is 1. The molecule has 36 heavy (non-hydrogen) atoms. The fraction of sp³-hybridized carbons (Fsp3) is 0.357. The van der Waals surface area contributed by atoms with Gasteiger partial charge in [0.25, 0.3) is 0 Å². The lowest BCUT2D eigenvalue weighted by Crippen LogP contribution is -2.48. The Kier molecular flexibility index (Phi) is 8.63. The molecule has 1 aliphatic heterocycles. The molecule has 5 rings (SSSR count). The Morgan fingerprint density at radius 1 is 1.14 bits per heavy atom. The molecular formula is C28H33BrN2O5. The number of methoxy groups -OCH3 is 1. The van der Waals surface area contributed by atoms with Crippen LogP contribution in [0.1, 0.15) is 54.9 Å². The van der Waals surface area contributed by atoms with Crippen molar-refractivity contribution in [3.8, 4) is 11.5 Å². The second-order valence-corrected chi connectivity index (χ2v) is 9.39. The van der Waals surface area contributed by atoms with Crippen molar-refractivity contribution in [3.05, 3.63) is 87.7 Å². The first-order valence-corrected chi connectivity index (χ1v) is 12.7. The Morgan fingerprint density at radius 3 is 2.31 bits per heavy atom. The summed E-state index contributed by atoms with van der Waals surface area (Å²) in [7, 11) is 2.95. The molecule has 1 aliphatic carbocycles. The van der Waals surface area contributed by atoms with Gasteiger partial charge in [0, 0.05) is 17.4 Å². The van der Waals surface area contributed by atoms with Gasteiger partial charge in [-0.2, -0.15) is 0 Å². The number of rotatable bonds is 3. The van der Waals surface area contributed by atoms with Crippen molar-refractivity contribution >= 4 is 22.0 Å². The molecule has 0 bridgehead atoms. The quantitative estimate of drug-likeness (QED) is 0.359. The Labute approximate surface area is 220 Å². The summed E-state index contributed by atoms with van der Waals surface area (Å²) in [5.41, 5.74) is 1.87. The highest BCUT2D eigenvalue weighted by molar-refractivity contribution is 9.10. The average Bonchev–Trinajstić information content (AvgIpc) is 3.33. The van der Waals surface area contributed by atoms with E-state index in [-0.39, 0.29) is 5.92 Å². The Bertz CT molecular complexity index is 1190. The number of amides is 1. The van der Waals surface area contributed by atoms with Gasteiger partial charge in [0.1, 0.15) is 17.1 Å². The topological polar surface area (TPSA) is 101 Å². The molecule has 2 heterocycles. The first-order chi connectivity index (χ1) is 17.3. The molecule has 0 saturated heterocycles. The van der Waals surface area contributed by atoms with Gasteiger partial charge < -0.3 is 25.0 Å². The summed E-state index contributed by atoms with van der Waals surface area (Å²) in [6.45, 7) is 6.08. The summed E-state index contributed by atoms with van der Waals surface area (Å²) in [5, 5.41) is 21.8. The van der Waals surface area contributed by atoms with Crippen LogP contribution >= 0.6 is 15.9 Å². The highest BCUT2D eigenvalue weighted by Crippen LogP contribution is 2.67. The van der Waals surface area contributed by atoms with Crippen LogP contribution in [-0.4, -0.2) is 35.4 Å². The molecule has 7 nitrogen and oxygen atoms in total. The van der Waals surface area contributed by atoms with Crippen LogP contribution in [0.5, 0.6) is 11.5 Å². The van der Waals surface area contributed by atoms with E-state index in [9.17, 15) is 9.90 Å². The molecule has 0 spiro atoms. The molecular weight excluding hydrogens is 524 g/mol. The maximum absolute atomic E-state index is 12.2. The summed E-state index contributed by atoms with van der Waals surface area (Å²) in [4.78, 5) is 13.5.